The molecule has 0 spiro atoms. The molecule has 26 heavy (non-hydrogen) atoms. The molecule has 2 N–H and O–H groups in total. The highest BCUT2D eigenvalue weighted by atomic mass is 127. The Morgan fingerprint density at radius 2 is 2.04 bits per heavy atom. The lowest BCUT2D eigenvalue weighted by molar-refractivity contribution is 0.214. The van der Waals surface area contributed by atoms with Gasteiger partial charge in [-0.05, 0) is 39.8 Å². The Balaban J connectivity index is 0.00000338. The molecule has 0 amide bonds. The molecule has 2 rings (SSSR count). The summed E-state index contributed by atoms with van der Waals surface area (Å²) in [6, 6.07) is 6.41. The fraction of sp³-hybridized carbons (Fsp3) is 0.444. The molecule has 8 heteroatoms. The zero-order valence-corrected chi connectivity index (χ0v) is 18.7. The first-order chi connectivity index (χ1) is 12.0. The van der Waals surface area contributed by atoms with Crippen LogP contribution in [0.2, 0.25) is 0 Å². The maximum Gasteiger partial charge on any atom is 0.191 e. The van der Waals surface area contributed by atoms with Gasteiger partial charge < -0.3 is 15.4 Å². The molecule has 0 fully saturated rings. The van der Waals surface area contributed by atoms with Crippen molar-refractivity contribution in [3.8, 4) is 5.75 Å². The molecule has 1 atom stereocenters. The zero-order valence-electron chi connectivity index (χ0n) is 15.5. The summed E-state index contributed by atoms with van der Waals surface area (Å²) in [6.07, 6.45) is -0.204. The summed E-state index contributed by atoms with van der Waals surface area (Å²) in [6.45, 7) is 9.75. The number of para-hydroxylation sites is 1. The molecule has 0 radical (unpaired) electrons. The minimum absolute atomic E-state index is 0. The minimum atomic E-state index is -0.357. The normalized spacial score (nSPS) is 12.3. The lowest BCUT2D eigenvalue weighted by Crippen LogP contribution is -2.41. The zero-order chi connectivity index (χ0) is 18.2. The van der Waals surface area contributed by atoms with Gasteiger partial charge in [-0.25, -0.2) is 14.4 Å². The van der Waals surface area contributed by atoms with Crippen molar-refractivity contribution in [2.45, 2.75) is 40.3 Å². The molecular formula is C18H26FIN4OS. The lowest BCUT2D eigenvalue weighted by atomic mass is 10.3. The maximum absolute atomic E-state index is 13.6. The van der Waals surface area contributed by atoms with Gasteiger partial charge >= 0.3 is 0 Å². The fourth-order valence-corrected chi connectivity index (χ4v) is 2.99. The van der Waals surface area contributed by atoms with Crippen LogP contribution in [0.3, 0.4) is 0 Å². The molecule has 0 bridgehead atoms. The summed E-state index contributed by atoms with van der Waals surface area (Å²) in [5.74, 6) is 0.592. The second-order valence-electron chi connectivity index (χ2n) is 5.68. The second-order valence-corrected chi connectivity index (χ2v) is 6.97. The van der Waals surface area contributed by atoms with Crippen LogP contribution in [0.4, 0.5) is 4.39 Å². The van der Waals surface area contributed by atoms with Crippen molar-refractivity contribution < 1.29 is 9.13 Å². The summed E-state index contributed by atoms with van der Waals surface area (Å²) in [5, 5.41) is 7.40. The van der Waals surface area contributed by atoms with E-state index in [9.17, 15) is 4.39 Å². The minimum Gasteiger partial charge on any atom is -0.486 e. The summed E-state index contributed by atoms with van der Waals surface area (Å²) in [4.78, 5) is 10.3. The van der Waals surface area contributed by atoms with Crippen molar-refractivity contribution in [3.05, 3.63) is 45.7 Å². The summed E-state index contributed by atoms with van der Waals surface area (Å²) < 4.78 is 19.3. The summed E-state index contributed by atoms with van der Waals surface area (Å²) in [5.41, 5.74) is 1.06. The van der Waals surface area contributed by atoms with E-state index >= 15 is 0 Å². The van der Waals surface area contributed by atoms with Crippen LogP contribution in [0.1, 0.15) is 29.4 Å². The highest BCUT2D eigenvalue weighted by molar-refractivity contribution is 14.0. The lowest BCUT2D eigenvalue weighted by Gasteiger charge is -2.17. The van der Waals surface area contributed by atoms with E-state index in [0.717, 1.165) is 17.2 Å². The van der Waals surface area contributed by atoms with E-state index in [4.69, 9.17) is 4.74 Å². The van der Waals surface area contributed by atoms with Gasteiger partial charge in [0, 0.05) is 11.4 Å². The molecule has 0 saturated heterocycles. The number of halogens is 2. The van der Waals surface area contributed by atoms with Crippen molar-refractivity contribution in [2.24, 2.45) is 4.99 Å². The Bertz CT molecular complexity index is 703. The predicted octanol–water partition coefficient (Wildman–Crippen LogP) is 4.04. The van der Waals surface area contributed by atoms with E-state index in [1.807, 2.05) is 20.8 Å². The standard InChI is InChI=1S/C18H25FN4OS.HI/c1-5-20-18(22-11-17-23-13(3)14(4)25-17)21-10-12(2)24-16-9-7-6-8-15(16)19;/h6-9,12H,5,10-11H2,1-4H3,(H2,20,21,22);1H. The first-order valence-electron chi connectivity index (χ1n) is 8.35. The van der Waals surface area contributed by atoms with Crippen LogP contribution in [0.5, 0.6) is 5.75 Å². The van der Waals surface area contributed by atoms with Gasteiger partial charge in [-0.2, -0.15) is 0 Å². The molecule has 144 valence electrons. The number of aryl methyl sites for hydroxylation is 2. The van der Waals surface area contributed by atoms with Crippen LogP contribution in [0, 0.1) is 19.7 Å². The van der Waals surface area contributed by atoms with Gasteiger partial charge in [0.05, 0.1) is 18.8 Å². The van der Waals surface area contributed by atoms with Crippen LogP contribution in [0.15, 0.2) is 29.3 Å². The molecule has 2 aromatic rings. The number of hydrogen-bond donors (Lipinski definition) is 2. The molecule has 0 aliphatic rings. The average Bonchev–Trinajstić information content (AvgIpc) is 2.90. The number of aliphatic imine (C=N–C) groups is 1. The molecule has 1 heterocycles. The summed E-state index contributed by atoms with van der Waals surface area (Å²) >= 11 is 1.66. The number of guanidine groups is 1. The highest BCUT2D eigenvalue weighted by Gasteiger charge is 2.09. The van der Waals surface area contributed by atoms with E-state index in [1.165, 1.54) is 10.9 Å². The van der Waals surface area contributed by atoms with Gasteiger partial charge in [0.2, 0.25) is 0 Å². The number of benzene rings is 1. The van der Waals surface area contributed by atoms with Crippen LogP contribution >= 0.6 is 35.3 Å². The smallest absolute Gasteiger partial charge is 0.191 e. The Hall–Kier alpha value is -1.42. The number of thiazole rings is 1. The number of ether oxygens (including phenoxy) is 1. The number of aromatic nitrogens is 1. The van der Waals surface area contributed by atoms with Gasteiger partial charge in [0.25, 0.3) is 0 Å². The van der Waals surface area contributed by atoms with Gasteiger partial charge in [-0.3, -0.25) is 0 Å². The van der Waals surface area contributed by atoms with Crippen LogP contribution < -0.4 is 15.4 Å². The van der Waals surface area contributed by atoms with Crippen LogP contribution in [-0.2, 0) is 6.54 Å². The molecule has 1 unspecified atom stereocenters. The molecular weight excluding hydrogens is 466 g/mol. The van der Waals surface area contributed by atoms with Gasteiger partial charge in [-0.1, -0.05) is 12.1 Å². The maximum atomic E-state index is 13.6. The summed E-state index contributed by atoms with van der Waals surface area (Å²) in [7, 11) is 0. The SMILES string of the molecule is CCNC(=NCc1nc(C)c(C)s1)NCC(C)Oc1ccccc1F.I. The van der Waals surface area contributed by atoms with E-state index in [-0.39, 0.29) is 41.6 Å². The average molecular weight is 492 g/mol. The number of nitrogens with zero attached hydrogens (tertiary/aromatic N) is 2. The molecule has 5 nitrogen and oxygen atoms in total. The van der Waals surface area contributed by atoms with Gasteiger partial charge in [-0.15, -0.1) is 35.3 Å². The van der Waals surface area contributed by atoms with Gasteiger partial charge in [0.15, 0.2) is 17.5 Å². The highest BCUT2D eigenvalue weighted by Crippen LogP contribution is 2.17. The first kappa shape index (κ1) is 22.6. The first-order valence-corrected chi connectivity index (χ1v) is 9.17. The van der Waals surface area contributed by atoms with Crippen molar-refractivity contribution >= 4 is 41.3 Å². The number of hydrogen-bond acceptors (Lipinski definition) is 4. The van der Waals surface area contributed by atoms with E-state index in [1.54, 1.807) is 29.5 Å². The number of rotatable bonds is 7. The van der Waals surface area contributed by atoms with Crippen molar-refractivity contribution in [1.29, 1.82) is 0 Å². The van der Waals surface area contributed by atoms with Crippen LogP contribution in [-0.4, -0.2) is 30.1 Å². The molecule has 0 saturated carbocycles. The Kier molecular flexibility index (Phi) is 9.85. The molecule has 1 aromatic carbocycles. The quantitative estimate of drug-likeness (QED) is 0.348. The number of nitrogens with one attached hydrogen (secondary N) is 2. The van der Waals surface area contributed by atoms with Gasteiger partial charge in [0.1, 0.15) is 11.1 Å². The third-order valence-electron chi connectivity index (χ3n) is 3.51. The second kappa shape index (κ2) is 11.3. The molecule has 0 aliphatic heterocycles. The fourth-order valence-electron chi connectivity index (χ4n) is 2.13. The Morgan fingerprint density at radius 1 is 1.31 bits per heavy atom. The van der Waals surface area contributed by atoms with Crippen molar-refractivity contribution in [2.75, 3.05) is 13.1 Å². The van der Waals surface area contributed by atoms with E-state index in [2.05, 4.69) is 27.5 Å². The van der Waals surface area contributed by atoms with Crippen LogP contribution in [0.25, 0.3) is 0 Å². The predicted molar refractivity (Wildman–Crippen MR) is 116 cm³/mol. The largest absolute Gasteiger partial charge is 0.486 e. The third-order valence-corrected chi connectivity index (χ3v) is 4.57. The van der Waals surface area contributed by atoms with Crippen molar-refractivity contribution in [1.82, 2.24) is 15.6 Å². The monoisotopic (exact) mass is 492 g/mol. The van der Waals surface area contributed by atoms with E-state index in [0.29, 0.717) is 19.0 Å². The van der Waals surface area contributed by atoms with E-state index < -0.39 is 0 Å². The Labute approximate surface area is 175 Å². The molecule has 1 aromatic heterocycles. The molecule has 0 aliphatic carbocycles. The third kappa shape index (κ3) is 7.06. The van der Waals surface area contributed by atoms with Crippen molar-refractivity contribution in [3.63, 3.8) is 0 Å². The Morgan fingerprint density at radius 3 is 2.65 bits per heavy atom. The topological polar surface area (TPSA) is 58.5 Å².